The third-order valence-corrected chi connectivity index (χ3v) is 0.863. The molecule has 0 heterocycles. The van der Waals surface area contributed by atoms with E-state index in [0.717, 1.165) is 7.11 Å². The first-order valence-corrected chi connectivity index (χ1v) is 2.51. The summed E-state index contributed by atoms with van der Waals surface area (Å²) >= 11 is 0. The molecule has 0 fully saturated rings. The predicted molar refractivity (Wildman–Crippen MR) is 33.0 cm³/mol. The molecule has 4 nitrogen and oxygen atoms in total. The Morgan fingerprint density at radius 1 is 1.70 bits per heavy atom. The number of aliphatic hydroxyl groups is 1. The van der Waals surface area contributed by atoms with Gasteiger partial charge in [0.1, 0.15) is 11.8 Å². The van der Waals surface area contributed by atoms with Gasteiger partial charge in [0, 0.05) is 0 Å². The van der Waals surface area contributed by atoms with Crippen LogP contribution in [0.1, 0.15) is 6.92 Å². The molecule has 0 aliphatic heterocycles. The normalized spacial score (nSPS) is 11.3. The minimum atomic E-state index is -0.817. The fourth-order valence-corrected chi connectivity index (χ4v) is 0.376. The summed E-state index contributed by atoms with van der Waals surface area (Å²) in [7, 11) is 1.14. The summed E-state index contributed by atoms with van der Waals surface area (Å²) in [6.45, 7) is 1.25. The Hall–Kier alpha value is -1.50. The first-order chi connectivity index (χ1) is 4.63. The Bertz CT molecular complexity index is 208. The predicted octanol–water partition coefficient (Wildman–Crippen LogP) is 0.515. The van der Waals surface area contributed by atoms with Gasteiger partial charge in [-0.1, -0.05) is 0 Å². The lowest BCUT2D eigenvalue weighted by Crippen LogP contribution is -2.04. The number of esters is 1. The number of aliphatic hydroxyl groups excluding tert-OH is 1. The molecular formula is C6H7NO3. The number of nitriles is 1. The summed E-state index contributed by atoms with van der Waals surface area (Å²) in [6, 6.07) is 1.51. The van der Waals surface area contributed by atoms with Crippen molar-refractivity contribution < 1.29 is 14.6 Å². The van der Waals surface area contributed by atoms with Crippen molar-refractivity contribution >= 4 is 5.97 Å². The number of rotatable bonds is 1. The minimum absolute atomic E-state index is 0.325. The molecule has 0 rings (SSSR count). The SMILES string of the molecule is COC(=O)/C(C#N)=C(/C)O. The number of hydrogen-bond donors (Lipinski definition) is 1. The van der Waals surface area contributed by atoms with Crippen molar-refractivity contribution in [3.63, 3.8) is 0 Å². The Labute approximate surface area is 58.3 Å². The molecule has 0 bridgehead atoms. The van der Waals surface area contributed by atoms with Gasteiger partial charge in [0.15, 0.2) is 5.57 Å². The molecule has 0 unspecified atom stereocenters. The number of methoxy groups -OCH3 is 1. The summed E-state index contributed by atoms with van der Waals surface area (Å²) in [6.07, 6.45) is 0. The second kappa shape index (κ2) is 3.51. The van der Waals surface area contributed by atoms with Crippen LogP contribution in [0.4, 0.5) is 0 Å². The van der Waals surface area contributed by atoms with Crippen molar-refractivity contribution in [2.75, 3.05) is 7.11 Å². The van der Waals surface area contributed by atoms with Gasteiger partial charge < -0.3 is 9.84 Å². The van der Waals surface area contributed by atoms with Crippen molar-refractivity contribution in [2.24, 2.45) is 0 Å². The molecule has 0 saturated heterocycles. The van der Waals surface area contributed by atoms with Crippen LogP contribution in [-0.4, -0.2) is 18.2 Å². The first kappa shape index (κ1) is 8.50. The van der Waals surface area contributed by atoms with Crippen LogP contribution < -0.4 is 0 Å². The Balaban J connectivity index is 4.59. The molecule has 0 aromatic carbocycles. The standard InChI is InChI=1S/C6H7NO3/c1-4(8)5(3-7)6(9)10-2/h8H,1-2H3/b5-4-. The van der Waals surface area contributed by atoms with Gasteiger partial charge in [-0.05, 0) is 6.92 Å². The zero-order valence-electron chi connectivity index (χ0n) is 5.71. The van der Waals surface area contributed by atoms with Gasteiger partial charge in [0.2, 0.25) is 0 Å². The molecule has 10 heavy (non-hydrogen) atoms. The van der Waals surface area contributed by atoms with Gasteiger partial charge in [0.25, 0.3) is 0 Å². The van der Waals surface area contributed by atoms with Crippen LogP contribution in [0.25, 0.3) is 0 Å². The minimum Gasteiger partial charge on any atom is -0.511 e. The monoisotopic (exact) mass is 141 g/mol. The molecule has 4 heteroatoms. The fraction of sp³-hybridized carbons (Fsp3) is 0.333. The third kappa shape index (κ3) is 1.78. The van der Waals surface area contributed by atoms with Crippen molar-refractivity contribution in [1.29, 1.82) is 5.26 Å². The Morgan fingerprint density at radius 2 is 2.20 bits per heavy atom. The van der Waals surface area contributed by atoms with Crippen LogP contribution in [0.3, 0.4) is 0 Å². The number of hydrogen-bond acceptors (Lipinski definition) is 4. The summed E-state index contributed by atoms with van der Waals surface area (Å²) in [5.74, 6) is -1.14. The maximum absolute atomic E-state index is 10.5. The van der Waals surface area contributed by atoms with Gasteiger partial charge in [0.05, 0.1) is 7.11 Å². The second-order valence-corrected chi connectivity index (χ2v) is 1.56. The zero-order chi connectivity index (χ0) is 8.15. The lowest BCUT2D eigenvalue weighted by Gasteiger charge is -1.95. The summed E-state index contributed by atoms with van der Waals surface area (Å²) in [5, 5.41) is 16.9. The van der Waals surface area contributed by atoms with E-state index in [4.69, 9.17) is 10.4 Å². The van der Waals surface area contributed by atoms with Crippen molar-refractivity contribution in [3.8, 4) is 6.07 Å². The average molecular weight is 141 g/mol. The fourth-order valence-electron chi connectivity index (χ4n) is 0.376. The molecule has 0 aliphatic carbocycles. The van der Waals surface area contributed by atoms with E-state index in [1.54, 1.807) is 0 Å². The Morgan fingerprint density at radius 3 is 2.30 bits per heavy atom. The van der Waals surface area contributed by atoms with Crippen LogP contribution in [0, 0.1) is 11.3 Å². The van der Waals surface area contributed by atoms with Crippen molar-refractivity contribution in [3.05, 3.63) is 11.3 Å². The first-order valence-electron chi connectivity index (χ1n) is 2.51. The highest BCUT2D eigenvalue weighted by atomic mass is 16.5. The molecular weight excluding hydrogens is 134 g/mol. The molecule has 0 aromatic rings. The highest BCUT2D eigenvalue weighted by Crippen LogP contribution is 2.00. The maximum atomic E-state index is 10.5. The number of nitrogens with zero attached hydrogens (tertiary/aromatic N) is 1. The van der Waals surface area contributed by atoms with Gasteiger partial charge in [-0.15, -0.1) is 0 Å². The van der Waals surface area contributed by atoms with Crippen LogP contribution in [0.2, 0.25) is 0 Å². The van der Waals surface area contributed by atoms with E-state index in [-0.39, 0.29) is 11.3 Å². The molecule has 0 saturated carbocycles. The summed E-state index contributed by atoms with van der Waals surface area (Å²) in [4.78, 5) is 10.5. The largest absolute Gasteiger partial charge is 0.511 e. The summed E-state index contributed by atoms with van der Waals surface area (Å²) in [5.41, 5.74) is -0.359. The molecule has 1 N–H and O–H groups in total. The van der Waals surface area contributed by atoms with Crippen LogP contribution in [0.5, 0.6) is 0 Å². The quantitative estimate of drug-likeness (QED) is 0.250. The molecule has 0 aliphatic rings. The number of allylic oxidation sites excluding steroid dienone is 1. The lowest BCUT2D eigenvalue weighted by atomic mass is 10.2. The number of carbonyl (C=O) groups excluding carboxylic acids is 1. The van der Waals surface area contributed by atoms with Crippen LogP contribution >= 0.6 is 0 Å². The number of ether oxygens (including phenoxy) is 1. The molecule has 54 valence electrons. The Kier molecular flexibility index (Phi) is 2.98. The van der Waals surface area contributed by atoms with Crippen LogP contribution in [0.15, 0.2) is 11.3 Å². The molecule has 0 amide bonds. The van der Waals surface area contributed by atoms with Crippen molar-refractivity contribution in [2.45, 2.75) is 6.92 Å². The zero-order valence-corrected chi connectivity index (χ0v) is 5.71. The van der Waals surface area contributed by atoms with E-state index in [0.29, 0.717) is 0 Å². The smallest absolute Gasteiger partial charge is 0.352 e. The van der Waals surface area contributed by atoms with E-state index in [2.05, 4.69) is 4.74 Å². The average Bonchev–Trinajstić information content (AvgIpc) is 1.88. The van der Waals surface area contributed by atoms with Gasteiger partial charge in [-0.25, -0.2) is 4.79 Å². The van der Waals surface area contributed by atoms with E-state index in [9.17, 15) is 4.79 Å². The van der Waals surface area contributed by atoms with Gasteiger partial charge in [-0.2, -0.15) is 5.26 Å². The van der Waals surface area contributed by atoms with Crippen LogP contribution in [-0.2, 0) is 9.53 Å². The van der Waals surface area contributed by atoms with E-state index < -0.39 is 5.97 Å². The van der Waals surface area contributed by atoms with Crippen molar-refractivity contribution in [1.82, 2.24) is 0 Å². The second-order valence-electron chi connectivity index (χ2n) is 1.56. The van der Waals surface area contributed by atoms with E-state index in [1.165, 1.54) is 13.0 Å². The van der Waals surface area contributed by atoms with Gasteiger partial charge >= 0.3 is 5.97 Å². The topological polar surface area (TPSA) is 70.3 Å². The number of carbonyl (C=O) groups is 1. The van der Waals surface area contributed by atoms with Gasteiger partial charge in [-0.3, -0.25) is 0 Å². The summed E-state index contributed by atoms with van der Waals surface area (Å²) < 4.78 is 4.19. The molecule has 0 spiro atoms. The third-order valence-electron chi connectivity index (χ3n) is 0.863. The molecule has 0 atom stereocenters. The highest BCUT2D eigenvalue weighted by Gasteiger charge is 2.11. The lowest BCUT2D eigenvalue weighted by molar-refractivity contribution is -0.135. The highest BCUT2D eigenvalue weighted by molar-refractivity contribution is 5.92. The van der Waals surface area contributed by atoms with E-state index >= 15 is 0 Å². The molecule has 0 radical (unpaired) electrons. The molecule has 0 aromatic heterocycles. The maximum Gasteiger partial charge on any atom is 0.352 e. The van der Waals surface area contributed by atoms with E-state index in [1.807, 2.05) is 0 Å².